The van der Waals surface area contributed by atoms with Gasteiger partial charge in [0.15, 0.2) is 0 Å². The van der Waals surface area contributed by atoms with Crippen LogP contribution < -0.4 is 10.2 Å². The summed E-state index contributed by atoms with van der Waals surface area (Å²) in [6, 6.07) is 17.8. The Hall–Kier alpha value is -1.80. The van der Waals surface area contributed by atoms with Crippen molar-refractivity contribution in [3.05, 3.63) is 65.2 Å². The van der Waals surface area contributed by atoms with Crippen LogP contribution in [0.2, 0.25) is 0 Å². The Morgan fingerprint density at radius 2 is 1.70 bits per heavy atom. The number of hydrogen-bond donors (Lipinski definition) is 1. The van der Waals surface area contributed by atoms with Crippen molar-refractivity contribution in [1.82, 2.24) is 5.32 Å². The molecule has 2 aromatic carbocycles. The predicted octanol–water partition coefficient (Wildman–Crippen LogP) is 3.76. The minimum Gasteiger partial charge on any atom is -0.378 e. The Labute approximate surface area is 122 Å². The molecule has 0 spiro atoms. The Morgan fingerprint density at radius 1 is 1.00 bits per heavy atom. The molecule has 1 atom stereocenters. The van der Waals surface area contributed by atoms with Gasteiger partial charge >= 0.3 is 0 Å². The van der Waals surface area contributed by atoms with Gasteiger partial charge in [0.1, 0.15) is 0 Å². The molecule has 0 fully saturated rings. The number of benzene rings is 2. The largest absolute Gasteiger partial charge is 0.378 e. The van der Waals surface area contributed by atoms with Crippen LogP contribution in [0.25, 0.3) is 0 Å². The molecule has 0 aliphatic carbocycles. The summed E-state index contributed by atoms with van der Waals surface area (Å²) in [5.74, 6) is 0. The lowest BCUT2D eigenvalue weighted by Gasteiger charge is -2.21. The fourth-order valence-electron chi connectivity index (χ4n) is 2.45. The fraction of sp³-hybridized carbons (Fsp3) is 0.333. The minimum absolute atomic E-state index is 0.260. The maximum atomic E-state index is 3.58. The summed E-state index contributed by atoms with van der Waals surface area (Å²) in [5.41, 5.74) is 5.16. The van der Waals surface area contributed by atoms with E-state index in [0.717, 1.165) is 6.54 Å². The third-order valence-electron chi connectivity index (χ3n) is 3.53. The van der Waals surface area contributed by atoms with Crippen molar-refractivity contribution >= 4 is 5.69 Å². The first-order valence-corrected chi connectivity index (χ1v) is 7.19. The highest BCUT2D eigenvalue weighted by Crippen LogP contribution is 2.24. The van der Waals surface area contributed by atoms with Crippen molar-refractivity contribution in [1.29, 1.82) is 0 Å². The Bertz CT molecular complexity index is 544. The molecule has 0 aliphatic rings. The zero-order valence-electron chi connectivity index (χ0n) is 12.9. The highest BCUT2D eigenvalue weighted by atomic mass is 15.1. The van der Waals surface area contributed by atoms with E-state index in [1.54, 1.807) is 0 Å². The maximum absolute atomic E-state index is 3.58. The van der Waals surface area contributed by atoms with Crippen LogP contribution in [0.5, 0.6) is 0 Å². The van der Waals surface area contributed by atoms with Crippen LogP contribution in [0.15, 0.2) is 48.5 Å². The van der Waals surface area contributed by atoms with Crippen LogP contribution in [-0.4, -0.2) is 20.6 Å². The number of nitrogens with one attached hydrogen (secondary N) is 1. The second-order valence-corrected chi connectivity index (χ2v) is 5.39. The summed E-state index contributed by atoms with van der Waals surface area (Å²) in [6.07, 6.45) is 0. The lowest BCUT2D eigenvalue weighted by atomic mass is 9.97. The summed E-state index contributed by atoms with van der Waals surface area (Å²) < 4.78 is 0. The zero-order valence-corrected chi connectivity index (χ0v) is 12.9. The van der Waals surface area contributed by atoms with Crippen LogP contribution >= 0.6 is 0 Å². The molecule has 0 aromatic heterocycles. The molecule has 2 rings (SSSR count). The number of hydrogen-bond acceptors (Lipinski definition) is 2. The van der Waals surface area contributed by atoms with E-state index in [-0.39, 0.29) is 6.04 Å². The SMILES string of the molecule is CCNC(c1ccc(N(C)C)cc1)c1cccc(C)c1. The molecule has 0 amide bonds. The van der Waals surface area contributed by atoms with Crippen molar-refractivity contribution < 1.29 is 0 Å². The van der Waals surface area contributed by atoms with E-state index in [1.807, 2.05) is 0 Å². The van der Waals surface area contributed by atoms with Gasteiger partial charge in [-0.1, -0.05) is 48.9 Å². The second-order valence-electron chi connectivity index (χ2n) is 5.39. The molecule has 0 saturated carbocycles. The molecular weight excluding hydrogens is 244 g/mol. The third-order valence-corrected chi connectivity index (χ3v) is 3.53. The van der Waals surface area contributed by atoms with Gasteiger partial charge in [0, 0.05) is 19.8 Å². The zero-order chi connectivity index (χ0) is 14.5. The summed E-state index contributed by atoms with van der Waals surface area (Å²) >= 11 is 0. The number of nitrogens with zero attached hydrogens (tertiary/aromatic N) is 1. The minimum atomic E-state index is 0.260. The van der Waals surface area contributed by atoms with E-state index in [0.29, 0.717) is 0 Å². The third kappa shape index (κ3) is 3.40. The average molecular weight is 268 g/mol. The molecule has 106 valence electrons. The lowest BCUT2D eigenvalue weighted by molar-refractivity contribution is 0.630. The predicted molar refractivity (Wildman–Crippen MR) is 87.5 cm³/mol. The van der Waals surface area contributed by atoms with E-state index in [1.165, 1.54) is 22.4 Å². The van der Waals surface area contributed by atoms with Gasteiger partial charge in [0.25, 0.3) is 0 Å². The van der Waals surface area contributed by atoms with Crippen molar-refractivity contribution in [2.45, 2.75) is 19.9 Å². The molecule has 0 aliphatic heterocycles. The van der Waals surface area contributed by atoms with E-state index in [9.17, 15) is 0 Å². The summed E-state index contributed by atoms with van der Waals surface area (Å²) in [6.45, 7) is 5.24. The molecule has 1 N–H and O–H groups in total. The van der Waals surface area contributed by atoms with Crippen molar-refractivity contribution in [3.8, 4) is 0 Å². The lowest BCUT2D eigenvalue weighted by Crippen LogP contribution is -2.22. The van der Waals surface area contributed by atoms with Crippen LogP contribution in [-0.2, 0) is 0 Å². The van der Waals surface area contributed by atoms with Gasteiger partial charge < -0.3 is 10.2 Å². The van der Waals surface area contributed by atoms with Gasteiger partial charge in [-0.25, -0.2) is 0 Å². The smallest absolute Gasteiger partial charge is 0.0576 e. The monoisotopic (exact) mass is 268 g/mol. The van der Waals surface area contributed by atoms with Crippen molar-refractivity contribution in [2.24, 2.45) is 0 Å². The first-order chi connectivity index (χ1) is 9.61. The normalized spacial score (nSPS) is 12.2. The highest BCUT2D eigenvalue weighted by molar-refractivity contribution is 5.47. The highest BCUT2D eigenvalue weighted by Gasteiger charge is 2.13. The van der Waals surface area contributed by atoms with Gasteiger partial charge in [-0.3, -0.25) is 0 Å². The topological polar surface area (TPSA) is 15.3 Å². The van der Waals surface area contributed by atoms with Gasteiger partial charge in [-0.15, -0.1) is 0 Å². The maximum Gasteiger partial charge on any atom is 0.0576 e. The molecular formula is C18H24N2. The molecule has 0 radical (unpaired) electrons. The first-order valence-electron chi connectivity index (χ1n) is 7.19. The van der Waals surface area contributed by atoms with Crippen LogP contribution in [0.1, 0.15) is 29.7 Å². The molecule has 0 heterocycles. The number of aryl methyl sites for hydroxylation is 1. The van der Waals surface area contributed by atoms with E-state index >= 15 is 0 Å². The van der Waals surface area contributed by atoms with E-state index < -0.39 is 0 Å². The van der Waals surface area contributed by atoms with Gasteiger partial charge in [-0.2, -0.15) is 0 Å². The molecule has 2 aromatic rings. The summed E-state index contributed by atoms with van der Waals surface area (Å²) in [5, 5.41) is 3.58. The molecule has 2 nitrogen and oxygen atoms in total. The van der Waals surface area contributed by atoms with Crippen LogP contribution in [0.4, 0.5) is 5.69 Å². The second kappa shape index (κ2) is 6.58. The molecule has 20 heavy (non-hydrogen) atoms. The average Bonchev–Trinajstić information content (AvgIpc) is 2.45. The quantitative estimate of drug-likeness (QED) is 0.888. The Balaban J connectivity index is 2.33. The van der Waals surface area contributed by atoms with Crippen molar-refractivity contribution in [2.75, 3.05) is 25.5 Å². The van der Waals surface area contributed by atoms with Gasteiger partial charge in [0.2, 0.25) is 0 Å². The Morgan fingerprint density at radius 3 is 2.25 bits per heavy atom. The Kier molecular flexibility index (Phi) is 4.80. The van der Waals surface area contributed by atoms with Gasteiger partial charge in [0.05, 0.1) is 6.04 Å². The van der Waals surface area contributed by atoms with Crippen LogP contribution in [0.3, 0.4) is 0 Å². The molecule has 1 unspecified atom stereocenters. The van der Waals surface area contributed by atoms with Crippen LogP contribution in [0, 0.1) is 6.92 Å². The summed E-state index contributed by atoms with van der Waals surface area (Å²) in [7, 11) is 4.13. The first kappa shape index (κ1) is 14.6. The molecule has 0 bridgehead atoms. The van der Waals surface area contributed by atoms with Gasteiger partial charge in [-0.05, 0) is 36.7 Å². The van der Waals surface area contributed by atoms with E-state index in [4.69, 9.17) is 0 Å². The molecule has 0 saturated heterocycles. The fourth-order valence-corrected chi connectivity index (χ4v) is 2.45. The van der Waals surface area contributed by atoms with E-state index in [2.05, 4.69) is 86.7 Å². The molecule has 2 heteroatoms. The number of rotatable bonds is 5. The standard InChI is InChI=1S/C18H24N2/c1-5-19-18(16-8-6-7-14(2)13-16)15-9-11-17(12-10-15)20(3)4/h6-13,18-19H,5H2,1-4H3. The number of anilines is 1. The van der Waals surface area contributed by atoms with Crippen molar-refractivity contribution in [3.63, 3.8) is 0 Å². The summed E-state index contributed by atoms with van der Waals surface area (Å²) in [4.78, 5) is 2.12.